The fraction of sp³-hybridized carbons (Fsp3) is 0.500. The Bertz CT molecular complexity index is 1130. The van der Waals surface area contributed by atoms with E-state index in [9.17, 15) is 4.79 Å². The van der Waals surface area contributed by atoms with Crippen molar-refractivity contribution in [1.82, 2.24) is 14.9 Å². The predicted octanol–water partition coefficient (Wildman–Crippen LogP) is 4.67. The van der Waals surface area contributed by atoms with Crippen LogP contribution in [-0.4, -0.2) is 49.3 Å². The van der Waals surface area contributed by atoms with Crippen LogP contribution < -0.4 is 19.7 Å². The minimum atomic E-state index is 0.0464. The fourth-order valence-corrected chi connectivity index (χ4v) is 4.76. The number of carbonyl (C=O) groups excluding carboxylic acids is 1. The molecule has 1 amide bonds. The maximum absolute atomic E-state index is 12.8. The smallest absolute Gasteiger partial charge is 0.223 e. The van der Waals surface area contributed by atoms with E-state index in [0.29, 0.717) is 24.0 Å². The number of nitrogens with zero attached hydrogens (tertiary/aromatic N) is 3. The van der Waals surface area contributed by atoms with Gasteiger partial charge in [0, 0.05) is 32.1 Å². The van der Waals surface area contributed by atoms with Gasteiger partial charge in [0.25, 0.3) is 0 Å². The first-order valence-electron chi connectivity index (χ1n) is 12.7. The van der Waals surface area contributed by atoms with Crippen LogP contribution in [-0.2, 0) is 17.8 Å². The van der Waals surface area contributed by atoms with Gasteiger partial charge in [-0.2, -0.15) is 0 Å². The number of amides is 1. The second kappa shape index (κ2) is 11.5. The van der Waals surface area contributed by atoms with Crippen molar-refractivity contribution >= 4 is 22.9 Å². The summed E-state index contributed by atoms with van der Waals surface area (Å²) in [7, 11) is 3.26. The van der Waals surface area contributed by atoms with E-state index >= 15 is 0 Å². The number of benzene rings is 2. The molecule has 7 heteroatoms. The second-order valence-corrected chi connectivity index (χ2v) is 9.73. The SMILES string of the molecule is COc1ccc(CCNC(=O)C2CCN(c3nc4ccccc4n3CCC(C)C)CC2)cc1OC. The van der Waals surface area contributed by atoms with Crippen LogP contribution in [0.1, 0.15) is 38.7 Å². The molecule has 0 aliphatic carbocycles. The number of imidazole rings is 1. The Balaban J connectivity index is 1.32. The number of methoxy groups -OCH3 is 2. The van der Waals surface area contributed by atoms with Gasteiger partial charge in [0.15, 0.2) is 11.5 Å². The molecule has 2 heterocycles. The molecule has 1 aliphatic heterocycles. The van der Waals surface area contributed by atoms with E-state index in [1.807, 2.05) is 24.3 Å². The number of rotatable bonds is 10. The molecule has 0 bridgehead atoms. The van der Waals surface area contributed by atoms with E-state index in [4.69, 9.17) is 14.5 Å². The van der Waals surface area contributed by atoms with Gasteiger partial charge in [-0.3, -0.25) is 4.79 Å². The number of hydrogen-bond donors (Lipinski definition) is 1. The molecule has 0 saturated carbocycles. The third-order valence-electron chi connectivity index (χ3n) is 6.87. The molecule has 1 fully saturated rings. The quantitative estimate of drug-likeness (QED) is 0.458. The summed E-state index contributed by atoms with van der Waals surface area (Å²) in [4.78, 5) is 20.2. The van der Waals surface area contributed by atoms with Crippen LogP contribution in [0.4, 0.5) is 5.95 Å². The highest BCUT2D eigenvalue weighted by atomic mass is 16.5. The number of para-hydroxylation sites is 2. The molecule has 1 saturated heterocycles. The second-order valence-electron chi connectivity index (χ2n) is 9.73. The third kappa shape index (κ3) is 5.89. The zero-order valence-corrected chi connectivity index (χ0v) is 21.4. The summed E-state index contributed by atoms with van der Waals surface area (Å²) >= 11 is 0. The normalized spacial score (nSPS) is 14.5. The Kier molecular flexibility index (Phi) is 8.16. The van der Waals surface area contributed by atoms with Crippen molar-refractivity contribution in [3.8, 4) is 11.5 Å². The lowest BCUT2D eigenvalue weighted by Crippen LogP contribution is -2.42. The average molecular weight is 479 g/mol. The molecule has 0 spiro atoms. The van der Waals surface area contributed by atoms with E-state index in [2.05, 4.69) is 46.8 Å². The average Bonchev–Trinajstić information content (AvgIpc) is 3.26. The van der Waals surface area contributed by atoms with Crippen LogP contribution in [0.5, 0.6) is 11.5 Å². The number of ether oxygens (including phenoxy) is 2. The van der Waals surface area contributed by atoms with Gasteiger partial charge in [-0.25, -0.2) is 4.98 Å². The van der Waals surface area contributed by atoms with Crippen LogP contribution in [0.15, 0.2) is 42.5 Å². The van der Waals surface area contributed by atoms with Crippen molar-refractivity contribution in [2.24, 2.45) is 11.8 Å². The van der Waals surface area contributed by atoms with Crippen molar-refractivity contribution in [2.45, 2.75) is 46.1 Å². The minimum absolute atomic E-state index is 0.0464. The first kappa shape index (κ1) is 24.9. The first-order chi connectivity index (χ1) is 17.0. The lowest BCUT2D eigenvalue weighted by molar-refractivity contribution is -0.125. The summed E-state index contributed by atoms with van der Waals surface area (Å²) in [5, 5.41) is 3.14. The van der Waals surface area contributed by atoms with Crippen LogP contribution in [0.25, 0.3) is 11.0 Å². The van der Waals surface area contributed by atoms with Crippen molar-refractivity contribution < 1.29 is 14.3 Å². The van der Waals surface area contributed by atoms with Gasteiger partial charge >= 0.3 is 0 Å². The molecular formula is C28H38N4O3. The van der Waals surface area contributed by atoms with E-state index < -0.39 is 0 Å². The van der Waals surface area contributed by atoms with Gasteiger partial charge in [0.1, 0.15) is 0 Å². The summed E-state index contributed by atoms with van der Waals surface area (Å²) in [5.74, 6) is 3.30. The lowest BCUT2D eigenvalue weighted by Gasteiger charge is -2.32. The summed E-state index contributed by atoms with van der Waals surface area (Å²) in [6, 6.07) is 14.3. The van der Waals surface area contributed by atoms with Crippen molar-refractivity contribution in [1.29, 1.82) is 0 Å². The highest BCUT2D eigenvalue weighted by Gasteiger charge is 2.27. The maximum atomic E-state index is 12.8. The molecule has 0 atom stereocenters. The van der Waals surface area contributed by atoms with Gasteiger partial charge in [0.2, 0.25) is 11.9 Å². The number of aryl methyl sites for hydroxylation is 1. The number of anilines is 1. The zero-order chi connectivity index (χ0) is 24.8. The molecule has 1 aromatic heterocycles. The molecule has 2 aromatic carbocycles. The van der Waals surface area contributed by atoms with E-state index in [1.54, 1.807) is 14.2 Å². The first-order valence-corrected chi connectivity index (χ1v) is 12.7. The monoisotopic (exact) mass is 478 g/mol. The molecule has 7 nitrogen and oxygen atoms in total. The minimum Gasteiger partial charge on any atom is -0.493 e. The summed E-state index contributed by atoms with van der Waals surface area (Å²) in [5.41, 5.74) is 3.34. The Morgan fingerprint density at radius 1 is 1.09 bits per heavy atom. The molecule has 4 rings (SSSR count). The maximum Gasteiger partial charge on any atom is 0.223 e. The third-order valence-corrected chi connectivity index (χ3v) is 6.87. The molecule has 188 valence electrons. The Hall–Kier alpha value is -3.22. The van der Waals surface area contributed by atoms with Gasteiger partial charge in [0.05, 0.1) is 25.3 Å². The van der Waals surface area contributed by atoms with E-state index in [0.717, 1.165) is 62.3 Å². The van der Waals surface area contributed by atoms with Crippen molar-refractivity contribution in [3.63, 3.8) is 0 Å². The Morgan fingerprint density at radius 3 is 2.54 bits per heavy atom. The van der Waals surface area contributed by atoms with Crippen LogP contribution in [0.3, 0.4) is 0 Å². The number of piperidine rings is 1. The predicted molar refractivity (Wildman–Crippen MR) is 140 cm³/mol. The summed E-state index contributed by atoms with van der Waals surface area (Å²) < 4.78 is 13.0. The standard InChI is InChI=1S/C28H38N4O3/c1-20(2)12-18-32-24-8-6-5-7-23(24)30-28(32)31-16-13-22(14-17-31)27(33)29-15-11-21-9-10-25(34-3)26(19-21)35-4/h5-10,19-20,22H,11-18H2,1-4H3,(H,29,33). The van der Waals surface area contributed by atoms with Crippen LogP contribution in [0.2, 0.25) is 0 Å². The number of aromatic nitrogens is 2. The summed E-state index contributed by atoms with van der Waals surface area (Å²) in [6.07, 6.45) is 3.56. The molecule has 0 unspecified atom stereocenters. The molecule has 3 aromatic rings. The van der Waals surface area contributed by atoms with Crippen molar-refractivity contribution in [2.75, 3.05) is 38.8 Å². The molecule has 1 aliphatic rings. The number of nitrogens with one attached hydrogen (secondary N) is 1. The molecule has 35 heavy (non-hydrogen) atoms. The molecule has 0 radical (unpaired) electrons. The topological polar surface area (TPSA) is 68.6 Å². The van der Waals surface area contributed by atoms with E-state index in [-0.39, 0.29) is 11.8 Å². The van der Waals surface area contributed by atoms with Crippen LogP contribution in [0, 0.1) is 11.8 Å². The Labute approximate surface area is 208 Å². The molecular weight excluding hydrogens is 440 g/mol. The largest absolute Gasteiger partial charge is 0.493 e. The lowest BCUT2D eigenvalue weighted by atomic mass is 9.96. The van der Waals surface area contributed by atoms with Crippen molar-refractivity contribution in [3.05, 3.63) is 48.0 Å². The highest BCUT2D eigenvalue weighted by Crippen LogP contribution is 2.29. The number of fused-ring (bicyclic) bond motifs is 1. The summed E-state index contributed by atoms with van der Waals surface area (Å²) in [6.45, 7) is 7.78. The number of hydrogen-bond acceptors (Lipinski definition) is 5. The van der Waals surface area contributed by atoms with E-state index in [1.165, 1.54) is 5.52 Å². The Morgan fingerprint density at radius 2 is 1.83 bits per heavy atom. The fourth-order valence-electron chi connectivity index (χ4n) is 4.76. The van der Waals surface area contributed by atoms with Gasteiger partial charge in [-0.1, -0.05) is 32.0 Å². The zero-order valence-electron chi connectivity index (χ0n) is 21.4. The van der Waals surface area contributed by atoms with Crippen LogP contribution >= 0.6 is 0 Å². The highest BCUT2D eigenvalue weighted by molar-refractivity contribution is 5.80. The molecule has 1 N–H and O–H groups in total. The van der Waals surface area contributed by atoms with Gasteiger partial charge < -0.3 is 24.3 Å². The van der Waals surface area contributed by atoms with Gasteiger partial charge in [-0.05, 0) is 61.4 Å². The van der Waals surface area contributed by atoms with Gasteiger partial charge in [-0.15, -0.1) is 0 Å². The number of carbonyl (C=O) groups is 1.